The first-order valence-corrected chi connectivity index (χ1v) is 8.32. The summed E-state index contributed by atoms with van der Waals surface area (Å²) >= 11 is 0. The summed E-state index contributed by atoms with van der Waals surface area (Å²) in [5.74, 6) is 0.00924. The summed E-state index contributed by atoms with van der Waals surface area (Å²) in [5, 5.41) is 10.0. The van der Waals surface area contributed by atoms with Gasteiger partial charge in [0, 0.05) is 38.9 Å². The van der Waals surface area contributed by atoms with Gasteiger partial charge in [0.2, 0.25) is 5.91 Å². The molecule has 7 nitrogen and oxygen atoms in total. The number of hydrogen-bond acceptors (Lipinski definition) is 4. The molecule has 0 unspecified atom stereocenters. The van der Waals surface area contributed by atoms with Crippen LogP contribution in [0.15, 0.2) is 12.4 Å². The zero-order chi connectivity index (χ0) is 16.8. The van der Waals surface area contributed by atoms with Crippen LogP contribution in [0.2, 0.25) is 0 Å². The van der Waals surface area contributed by atoms with Gasteiger partial charge in [-0.2, -0.15) is 5.10 Å². The SMILES string of the molecule is CCCNC(=O)[C@@H](C)N1CCC(NC(=O)c2cnn(C)c2)CC1. The quantitative estimate of drug-likeness (QED) is 0.801. The van der Waals surface area contributed by atoms with Gasteiger partial charge in [-0.15, -0.1) is 0 Å². The molecule has 1 atom stereocenters. The average molecular weight is 321 g/mol. The van der Waals surface area contributed by atoms with Crippen molar-refractivity contribution in [2.75, 3.05) is 19.6 Å². The molecule has 1 aliphatic rings. The predicted octanol–water partition coefficient (Wildman–Crippen LogP) is 0.529. The average Bonchev–Trinajstić information content (AvgIpc) is 2.99. The van der Waals surface area contributed by atoms with Gasteiger partial charge in [0.05, 0.1) is 17.8 Å². The molecule has 0 radical (unpaired) electrons. The third-order valence-electron chi connectivity index (χ3n) is 4.31. The van der Waals surface area contributed by atoms with Gasteiger partial charge in [-0.1, -0.05) is 6.92 Å². The van der Waals surface area contributed by atoms with E-state index in [9.17, 15) is 9.59 Å². The van der Waals surface area contributed by atoms with Crippen LogP contribution in [0.1, 0.15) is 43.5 Å². The Morgan fingerprint density at radius 1 is 1.39 bits per heavy atom. The Balaban J connectivity index is 1.77. The lowest BCUT2D eigenvalue weighted by Crippen LogP contribution is -2.51. The van der Waals surface area contributed by atoms with Crippen molar-refractivity contribution in [3.63, 3.8) is 0 Å². The number of nitrogens with zero attached hydrogens (tertiary/aromatic N) is 3. The fraction of sp³-hybridized carbons (Fsp3) is 0.688. The number of amides is 2. The van der Waals surface area contributed by atoms with E-state index in [1.165, 1.54) is 0 Å². The van der Waals surface area contributed by atoms with E-state index in [4.69, 9.17) is 0 Å². The lowest BCUT2D eigenvalue weighted by Gasteiger charge is -2.35. The van der Waals surface area contributed by atoms with Crippen LogP contribution in [-0.2, 0) is 11.8 Å². The van der Waals surface area contributed by atoms with Crippen molar-refractivity contribution in [1.29, 1.82) is 0 Å². The van der Waals surface area contributed by atoms with Crippen LogP contribution in [0.4, 0.5) is 0 Å². The molecule has 7 heteroatoms. The lowest BCUT2D eigenvalue weighted by molar-refractivity contribution is -0.126. The molecule has 2 heterocycles. The molecule has 0 bridgehead atoms. The van der Waals surface area contributed by atoms with Crippen molar-refractivity contribution in [3.05, 3.63) is 18.0 Å². The summed E-state index contributed by atoms with van der Waals surface area (Å²) in [6.07, 6.45) is 5.95. The molecule has 2 rings (SSSR count). The number of nitrogens with one attached hydrogen (secondary N) is 2. The van der Waals surface area contributed by atoms with Gasteiger partial charge >= 0.3 is 0 Å². The molecule has 1 saturated heterocycles. The second-order valence-corrected chi connectivity index (χ2v) is 6.15. The van der Waals surface area contributed by atoms with Gasteiger partial charge in [0.15, 0.2) is 0 Å². The van der Waals surface area contributed by atoms with E-state index in [2.05, 4.69) is 20.6 Å². The highest BCUT2D eigenvalue weighted by Crippen LogP contribution is 2.14. The van der Waals surface area contributed by atoms with Crippen LogP contribution in [-0.4, -0.2) is 58.2 Å². The number of carbonyl (C=O) groups excluding carboxylic acids is 2. The van der Waals surface area contributed by atoms with Gasteiger partial charge in [0.25, 0.3) is 5.91 Å². The Morgan fingerprint density at radius 3 is 2.65 bits per heavy atom. The van der Waals surface area contributed by atoms with Gasteiger partial charge in [-0.05, 0) is 26.2 Å². The summed E-state index contributed by atoms with van der Waals surface area (Å²) in [6, 6.07) is 0.0429. The normalized spacial score (nSPS) is 17.7. The highest BCUT2D eigenvalue weighted by molar-refractivity contribution is 5.93. The van der Waals surface area contributed by atoms with E-state index < -0.39 is 0 Å². The Morgan fingerprint density at radius 2 is 2.09 bits per heavy atom. The first-order chi connectivity index (χ1) is 11.0. The van der Waals surface area contributed by atoms with E-state index in [0.29, 0.717) is 5.56 Å². The van der Waals surface area contributed by atoms with Crippen molar-refractivity contribution in [3.8, 4) is 0 Å². The molecule has 0 aliphatic carbocycles. The topological polar surface area (TPSA) is 79.3 Å². The third-order valence-corrected chi connectivity index (χ3v) is 4.31. The van der Waals surface area contributed by atoms with Crippen LogP contribution in [0.5, 0.6) is 0 Å². The molecular weight excluding hydrogens is 294 g/mol. The largest absolute Gasteiger partial charge is 0.355 e. The first-order valence-electron chi connectivity index (χ1n) is 8.32. The monoisotopic (exact) mass is 321 g/mol. The number of likely N-dealkylation sites (tertiary alicyclic amines) is 1. The molecule has 1 aromatic heterocycles. The molecule has 128 valence electrons. The fourth-order valence-electron chi connectivity index (χ4n) is 2.80. The van der Waals surface area contributed by atoms with Crippen LogP contribution >= 0.6 is 0 Å². The van der Waals surface area contributed by atoms with Crippen molar-refractivity contribution in [1.82, 2.24) is 25.3 Å². The molecular formula is C16H27N5O2. The zero-order valence-corrected chi connectivity index (χ0v) is 14.2. The Kier molecular flexibility index (Phi) is 6.15. The van der Waals surface area contributed by atoms with E-state index in [-0.39, 0.29) is 23.9 Å². The molecule has 0 spiro atoms. The minimum atomic E-state index is -0.114. The second-order valence-electron chi connectivity index (χ2n) is 6.15. The highest BCUT2D eigenvalue weighted by atomic mass is 16.2. The fourth-order valence-corrected chi connectivity index (χ4v) is 2.80. The van der Waals surface area contributed by atoms with Crippen molar-refractivity contribution in [2.45, 2.75) is 45.2 Å². The molecule has 1 aliphatic heterocycles. The number of aromatic nitrogens is 2. The van der Waals surface area contributed by atoms with E-state index in [0.717, 1.165) is 38.9 Å². The molecule has 0 aromatic carbocycles. The maximum absolute atomic E-state index is 12.1. The van der Waals surface area contributed by atoms with Crippen LogP contribution in [0.25, 0.3) is 0 Å². The maximum Gasteiger partial charge on any atom is 0.254 e. The second kappa shape index (κ2) is 8.10. The highest BCUT2D eigenvalue weighted by Gasteiger charge is 2.27. The minimum absolute atomic E-state index is 0.0784. The number of piperidine rings is 1. The summed E-state index contributed by atoms with van der Waals surface area (Å²) in [6.45, 7) is 6.35. The minimum Gasteiger partial charge on any atom is -0.355 e. The maximum atomic E-state index is 12.1. The summed E-state index contributed by atoms with van der Waals surface area (Å²) in [5.41, 5.74) is 0.585. The predicted molar refractivity (Wildman–Crippen MR) is 88.0 cm³/mol. The van der Waals surface area contributed by atoms with E-state index in [1.54, 1.807) is 24.1 Å². The molecule has 1 fully saturated rings. The number of carbonyl (C=O) groups is 2. The Bertz CT molecular complexity index is 534. The van der Waals surface area contributed by atoms with Crippen LogP contribution < -0.4 is 10.6 Å². The van der Waals surface area contributed by atoms with Crippen molar-refractivity contribution in [2.24, 2.45) is 7.05 Å². The summed E-state index contributed by atoms with van der Waals surface area (Å²) < 4.78 is 1.62. The first kappa shape index (κ1) is 17.5. The molecule has 0 saturated carbocycles. The summed E-state index contributed by atoms with van der Waals surface area (Å²) in [7, 11) is 1.79. The van der Waals surface area contributed by atoms with Gasteiger partial charge in [-0.25, -0.2) is 0 Å². The molecule has 2 amide bonds. The number of hydrogen-bond donors (Lipinski definition) is 2. The third kappa shape index (κ3) is 4.79. The van der Waals surface area contributed by atoms with E-state index in [1.807, 2.05) is 13.8 Å². The standard InChI is InChI=1S/C16H27N5O2/c1-4-7-17-15(22)12(2)21-8-5-14(6-9-21)19-16(23)13-10-18-20(3)11-13/h10-12,14H,4-9H2,1-3H3,(H,17,22)(H,19,23)/t12-/m1/s1. The van der Waals surface area contributed by atoms with Gasteiger partial charge < -0.3 is 10.6 Å². The molecule has 1 aromatic rings. The van der Waals surface area contributed by atoms with Crippen molar-refractivity contribution < 1.29 is 9.59 Å². The Hall–Kier alpha value is -1.89. The number of aryl methyl sites for hydroxylation is 1. The summed E-state index contributed by atoms with van der Waals surface area (Å²) in [4.78, 5) is 26.3. The van der Waals surface area contributed by atoms with Gasteiger partial charge in [-0.3, -0.25) is 19.2 Å². The smallest absolute Gasteiger partial charge is 0.254 e. The van der Waals surface area contributed by atoms with Crippen LogP contribution in [0, 0.1) is 0 Å². The molecule has 23 heavy (non-hydrogen) atoms. The zero-order valence-electron chi connectivity index (χ0n) is 14.2. The van der Waals surface area contributed by atoms with Crippen LogP contribution in [0.3, 0.4) is 0 Å². The molecule has 2 N–H and O–H groups in total. The van der Waals surface area contributed by atoms with E-state index >= 15 is 0 Å². The Labute approximate surface area is 137 Å². The number of rotatable bonds is 6. The van der Waals surface area contributed by atoms with Gasteiger partial charge in [0.1, 0.15) is 0 Å². The lowest BCUT2D eigenvalue weighted by atomic mass is 10.0. The van der Waals surface area contributed by atoms with Crippen molar-refractivity contribution >= 4 is 11.8 Å².